The summed E-state index contributed by atoms with van der Waals surface area (Å²) < 4.78 is 7.12. The topological polar surface area (TPSA) is 158 Å². The molecule has 0 saturated carbocycles. The molecule has 1 amide bonds. The highest BCUT2D eigenvalue weighted by molar-refractivity contribution is 5.85. The molecule has 3 aromatic rings. The molecule has 2 aliphatic heterocycles. The Morgan fingerprint density at radius 3 is 2.49 bits per heavy atom. The maximum absolute atomic E-state index is 12.0. The summed E-state index contributed by atoms with van der Waals surface area (Å²) in [5, 5.41) is 38.6. The Labute approximate surface area is 201 Å². The lowest BCUT2D eigenvalue weighted by Crippen LogP contribution is -2.42. The summed E-state index contributed by atoms with van der Waals surface area (Å²) in [6.45, 7) is 7.86. The van der Waals surface area contributed by atoms with E-state index in [2.05, 4.69) is 25.6 Å². The van der Waals surface area contributed by atoms with Crippen molar-refractivity contribution in [2.45, 2.75) is 63.3 Å². The summed E-state index contributed by atoms with van der Waals surface area (Å²) in [7, 11) is 1.43. The van der Waals surface area contributed by atoms with Crippen molar-refractivity contribution in [2.24, 2.45) is 0 Å². The van der Waals surface area contributed by atoms with Crippen molar-refractivity contribution in [3.63, 3.8) is 0 Å². The number of hydrogen-bond donors (Lipinski definition) is 5. The molecule has 35 heavy (non-hydrogen) atoms. The Balaban J connectivity index is 1.48. The number of imidazole rings is 1. The zero-order chi connectivity index (χ0) is 25.3. The van der Waals surface area contributed by atoms with Crippen LogP contribution in [-0.2, 0) is 20.6 Å². The van der Waals surface area contributed by atoms with Crippen LogP contribution in [0.15, 0.2) is 30.9 Å². The number of likely N-dealkylation sites (N-methyl/N-ethyl adjacent to an activating group) is 1. The predicted octanol–water partition coefficient (Wildman–Crippen LogP) is 1.11. The van der Waals surface area contributed by atoms with E-state index in [1.165, 1.54) is 29.3 Å². The van der Waals surface area contributed by atoms with Gasteiger partial charge in [-0.2, -0.15) is 5.06 Å². The van der Waals surface area contributed by atoms with Gasteiger partial charge < -0.3 is 30.8 Å². The molecule has 5 N–H and O–H groups in total. The van der Waals surface area contributed by atoms with E-state index in [1.807, 2.05) is 45.9 Å². The molecule has 1 fully saturated rings. The van der Waals surface area contributed by atoms with Crippen LogP contribution in [0.25, 0.3) is 11.2 Å². The standard InChI is InChI=1S/C23H29N7O5/c1-22(2)12-7-6-11(8-13(12)23(3,4)30(22)34)28-18-14-19(26-9-25-18)29(10-27-14)21-16(32)15(31)17(35-21)20(33)24-5/h6-10,15-17,21,31-32,34H,1-5H3,(H,24,33)(H,25,26,28)/t15-,16+,17-,21+/m0/s1. The molecule has 12 heteroatoms. The highest BCUT2D eigenvalue weighted by Gasteiger charge is 2.49. The molecule has 0 aliphatic carbocycles. The Kier molecular flexibility index (Phi) is 5.34. The highest BCUT2D eigenvalue weighted by Crippen LogP contribution is 2.48. The first kappa shape index (κ1) is 23.6. The molecular formula is C23H29N7O5. The molecule has 0 spiro atoms. The molecule has 5 rings (SSSR count). The van der Waals surface area contributed by atoms with Crippen LogP contribution < -0.4 is 10.6 Å². The number of hydroxylamine groups is 2. The summed E-state index contributed by atoms with van der Waals surface area (Å²) in [4.78, 5) is 25.0. The zero-order valence-corrected chi connectivity index (χ0v) is 20.1. The van der Waals surface area contributed by atoms with E-state index in [9.17, 15) is 20.2 Å². The number of aromatic nitrogens is 4. The minimum atomic E-state index is -1.40. The Bertz CT molecular complexity index is 1310. The molecule has 2 aromatic heterocycles. The minimum Gasteiger partial charge on any atom is -0.387 e. The summed E-state index contributed by atoms with van der Waals surface area (Å²) in [6.07, 6.45) is -2.26. The summed E-state index contributed by atoms with van der Waals surface area (Å²) in [5.41, 5.74) is 2.44. The molecule has 0 radical (unpaired) electrons. The van der Waals surface area contributed by atoms with Crippen molar-refractivity contribution in [3.05, 3.63) is 42.0 Å². The van der Waals surface area contributed by atoms with Gasteiger partial charge >= 0.3 is 0 Å². The van der Waals surface area contributed by atoms with Crippen LogP contribution in [0.5, 0.6) is 0 Å². The number of rotatable bonds is 4. The van der Waals surface area contributed by atoms with Gasteiger partial charge in [0.2, 0.25) is 0 Å². The van der Waals surface area contributed by atoms with Crippen molar-refractivity contribution in [1.29, 1.82) is 0 Å². The number of nitrogens with zero attached hydrogens (tertiary/aromatic N) is 5. The summed E-state index contributed by atoms with van der Waals surface area (Å²) in [5.74, 6) is -0.106. The van der Waals surface area contributed by atoms with Gasteiger partial charge in [-0.3, -0.25) is 9.36 Å². The Morgan fingerprint density at radius 2 is 1.77 bits per heavy atom. The number of nitrogens with one attached hydrogen (secondary N) is 2. The third-order valence-electron chi connectivity index (χ3n) is 7.04. The maximum atomic E-state index is 12.0. The van der Waals surface area contributed by atoms with E-state index in [-0.39, 0.29) is 0 Å². The monoisotopic (exact) mass is 483 g/mol. The number of aliphatic hydroxyl groups is 2. The molecule has 12 nitrogen and oxygen atoms in total. The van der Waals surface area contributed by atoms with Gasteiger partial charge in [0.1, 0.15) is 18.5 Å². The van der Waals surface area contributed by atoms with Crippen LogP contribution in [0.4, 0.5) is 11.5 Å². The van der Waals surface area contributed by atoms with E-state index in [0.29, 0.717) is 17.0 Å². The van der Waals surface area contributed by atoms with E-state index >= 15 is 0 Å². The fraction of sp³-hybridized carbons (Fsp3) is 0.478. The molecule has 0 bridgehead atoms. The largest absolute Gasteiger partial charge is 0.387 e. The smallest absolute Gasteiger partial charge is 0.251 e. The number of hydrogen-bond acceptors (Lipinski definition) is 10. The van der Waals surface area contributed by atoms with E-state index < -0.39 is 41.5 Å². The van der Waals surface area contributed by atoms with Crippen molar-refractivity contribution in [1.82, 2.24) is 29.9 Å². The average molecular weight is 484 g/mol. The Morgan fingerprint density at radius 1 is 1.06 bits per heavy atom. The number of carbonyl (C=O) groups excluding carboxylic acids is 1. The van der Waals surface area contributed by atoms with E-state index in [0.717, 1.165) is 16.8 Å². The van der Waals surface area contributed by atoms with Crippen molar-refractivity contribution < 1.29 is 25.0 Å². The number of amides is 1. The lowest BCUT2D eigenvalue weighted by atomic mass is 9.90. The second-order valence-electron chi connectivity index (χ2n) is 9.90. The second-order valence-corrected chi connectivity index (χ2v) is 9.90. The normalized spacial score (nSPS) is 27.2. The summed E-state index contributed by atoms with van der Waals surface area (Å²) in [6, 6.07) is 5.87. The zero-order valence-electron chi connectivity index (χ0n) is 20.1. The lowest BCUT2D eigenvalue weighted by Gasteiger charge is -2.34. The second kappa shape index (κ2) is 7.93. The number of carbonyl (C=O) groups is 1. The van der Waals surface area contributed by atoms with Gasteiger partial charge in [0.05, 0.1) is 17.4 Å². The van der Waals surface area contributed by atoms with Gasteiger partial charge in [-0.15, -0.1) is 0 Å². The van der Waals surface area contributed by atoms with Gasteiger partial charge in [0.25, 0.3) is 5.91 Å². The predicted molar refractivity (Wildman–Crippen MR) is 125 cm³/mol. The van der Waals surface area contributed by atoms with Crippen molar-refractivity contribution in [2.75, 3.05) is 12.4 Å². The fourth-order valence-corrected chi connectivity index (χ4v) is 5.10. The van der Waals surface area contributed by atoms with Crippen LogP contribution in [0.1, 0.15) is 45.0 Å². The number of benzene rings is 1. The molecule has 2 aliphatic rings. The molecule has 1 aromatic carbocycles. The average Bonchev–Trinajstić information content (AvgIpc) is 3.42. The van der Waals surface area contributed by atoms with Crippen LogP contribution in [0.3, 0.4) is 0 Å². The van der Waals surface area contributed by atoms with Gasteiger partial charge in [-0.05, 0) is 51.0 Å². The third-order valence-corrected chi connectivity index (χ3v) is 7.04. The van der Waals surface area contributed by atoms with Gasteiger partial charge in [0.15, 0.2) is 29.3 Å². The molecule has 4 heterocycles. The number of fused-ring (bicyclic) bond motifs is 2. The number of anilines is 2. The molecule has 186 valence electrons. The molecular weight excluding hydrogens is 454 g/mol. The van der Waals surface area contributed by atoms with Crippen LogP contribution in [0.2, 0.25) is 0 Å². The molecule has 0 unspecified atom stereocenters. The fourth-order valence-electron chi connectivity index (χ4n) is 5.10. The first-order chi connectivity index (χ1) is 16.5. The minimum absolute atomic E-state index is 0.362. The first-order valence-corrected chi connectivity index (χ1v) is 11.3. The van der Waals surface area contributed by atoms with Crippen molar-refractivity contribution >= 4 is 28.6 Å². The van der Waals surface area contributed by atoms with Gasteiger partial charge in [0, 0.05) is 12.7 Å². The lowest BCUT2D eigenvalue weighted by molar-refractivity contribution is -0.216. The van der Waals surface area contributed by atoms with Gasteiger partial charge in [-0.1, -0.05) is 6.07 Å². The molecule has 4 atom stereocenters. The highest BCUT2D eigenvalue weighted by atomic mass is 16.6. The van der Waals surface area contributed by atoms with Crippen LogP contribution in [-0.4, -0.2) is 71.3 Å². The van der Waals surface area contributed by atoms with Crippen LogP contribution in [0, 0.1) is 0 Å². The number of ether oxygens (including phenoxy) is 1. The van der Waals surface area contributed by atoms with Gasteiger partial charge in [-0.25, -0.2) is 15.0 Å². The van der Waals surface area contributed by atoms with Crippen LogP contribution >= 0.6 is 0 Å². The molecule has 1 saturated heterocycles. The third kappa shape index (κ3) is 3.40. The maximum Gasteiger partial charge on any atom is 0.251 e. The summed E-state index contributed by atoms with van der Waals surface area (Å²) >= 11 is 0. The van der Waals surface area contributed by atoms with Crippen molar-refractivity contribution in [3.8, 4) is 0 Å². The van der Waals surface area contributed by atoms with E-state index in [4.69, 9.17) is 4.74 Å². The quantitative estimate of drug-likeness (QED) is 0.364. The number of aliphatic hydroxyl groups excluding tert-OH is 2. The Hall–Kier alpha value is -3.16. The first-order valence-electron chi connectivity index (χ1n) is 11.3. The SMILES string of the molecule is CNC(=O)[C@H]1O[C@@H](n2cnc3c(Nc4ccc5c(c4)C(C)(C)N(O)C5(C)C)ncnc32)[C@H](O)[C@@H]1O. The van der Waals surface area contributed by atoms with E-state index in [1.54, 1.807) is 0 Å².